The van der Waals surface area contributed by atoms with Crippen molar-refractivity contribution in [2.24, 2.45) is 11.5 Å². The molecule has 6 nitrogen and oxygen atoms in total. The van der Waals surface area contributed by atoms with Crippen LogP contribution >= 0.6 is 11.6 Å². The van der Waals surface area contributed by atoms with Crippen molar-refractivity contribution in [2.45, 2.75) is 6.04 Å². The molecule has 0 saturated heterocycles. The zero-order chi connectivity index (χ0) is 18.7. The number of ether oxygens (including phenoxy) is 1. The smallest absolute Gasteiger partial charge is 0.250 e. The number of primary amides is 1. The van der Waals surface area contributed by atoms with Crippen LogP contribution in [0.25, 0.3) is 10.9 Å². The quantitative estimate of drug-likeness (QED) is 0.618. The number of pyridine rings is 1. The van der Waals surface area contributed by atoms with Crippen LogP contribution in [0.1, 0.15) is 22.0 Å². The molecule has 1 unspecified atom stereocenters. The van der Waals surface area contributed by atoms with Crippen LogP contribution in [-0.2, 0) is 0 Å². The molecule has 0 fully saturated rings. The Morgan fingerprint density at radius 2 is 2.12 bits per heavy atom. The Morgan fingerprint density at radius 1 is 1.31 bits per heavy atom. The number of benzene rings is 2. The van der Waals surface area contributed by atoms with Gasteiger partial charge in [0, 0.05) is 23.8 Å². The van der Waals surface area contributed by atoms with Crippen molar-refractivity contribution < 1.29 is 9.53 Å². The predicted molar refractivity (Wildman–Crippen MR) is 104 cm³/mol. The maximum atomic E-state index is 11.6. The molecule has 2 aromatic carbocycles. The first kappa shape index (κ1) is 18.0. The lowest BCUT2D eigenvalue weighted by atomic mass is 10.0. The second kappa shape index (κ2) is 7.59. The van der Waals surface area contributed by atoms with Crippen molar-refractivity contribution in [3.05, 3.63) is 64.8 Å². The monoisotopic (exact) mass is 370 g/mol. The fourth-order valence-corrected chi connectivity index (χ4v) is 3.13. The molecule has 0 aliphatic carbocycles. The number of carbonyl (C=O) groups excluding carboxylic acids is 1. The summed E-state index contributed by atoms with van der Waals surface area (Å²) < 4.78 is 5.19. The number of fused-ring (bicyclic) bond motifs is 1. The molecule has 3 rings (SSSR count). The van der Waals surface area contributed by atoms with E-state index in [0.29, 0.717) is 28.4 Å². The Labute approximate surface area is 156 Å². The highest BCUT2D eigenvalue weighted by Crippen LogP contribution is 2.31. The fraction of sp³-hybridized carbons (Fsp3) is 0.158. The van der Waals surface area contributed by atoms with Crippen LogP contribution in [0.2, 0.25) is 5.02 Å². The van der Waals surface area contributed by atoms with Crippen LogP contribution in [0.15, 0.2) is 48.7 Å². The van der Waals surface area contributed by atoms with E-state index in [-0.39, 0.29) is 6.04 Å². The molecule has 26 heavy (non-hydrogen) atoms. The Morgan fingerprint density at radius 3 is 2.77 bits per heavy atom. The standard InChI is InChI=1S/C19H19ClN4O2/c1-26-17-6-5-11(9-14(17)20)16(10-21)24-15-7-8-23-18-12(15)3-2-4-13(18)19(22)25/h2-9,16H,10,21H2,1H3,(H2,22,25)(H,23,24). The SMILES string of the molecule is COc1ccc(C(CN)Nc2ccnc3c(C(N)=O)cccc23)cc1Cl. The summed E-state index contributed by atoms with van der Waals surface area (Å²) in [6, 6.07) is 12.5. The third-order valence-electron chi connectivity index (χ3n) is 4.18. The van der Waals surface area contributed by atoms with Crippen LogP contribution in [-0.4, -0.2) is 24.5 Å². The van der Waals surface area contributed by atoms with Gasteiger partial charge in [0.15, 0.2) is 0 Å². The molecular weight excluding hydrogens is 352 g/mol. The zero-order valence-corrected chi connectivity index (χ0v) is 15.0. The lowest BCUT2D eigenvalue weighted by Gasteiger charge is -2.20. The fourth-order valence-electron chi connectivity index (χ4n) is 2.87. The highest BCUT2D eigenvalue weighted by atomic mass is 35.5. The minimum atomic E-state index is -0.516. The predicted octanol–water partition coefficient (Wildman–Crippen LogP) is 3.11. The average molecular weight is 371 g/mol. The molecule has 0 bridgehead atoms. The van der Waals surface area contributed by atoms with E-state index in [1.807, 2.05) is 24.3 Å². The van der Waals surface area contributed by atoms with Gasteiger partial charge in [-0.25, -0.2) is 0 Å². The topological polar surface area (TPSA) is 103 Å². The Bertz CT molecular complexity index is 961. The number of nitrogens with zero attached hydrogens (tertiary/aromatic N) is 1. The number of hydrogen-bond donors (Lipinski definition) is 3. The summed E-state index contributed by atoms with van der Waals surface area (Å²) in [5.74, 6) is 0.0872. The normalized spacial score (nSPS) is 12.0. The van der Waals surface area contributed by atoms with E-state index in [2.05, 4.69) is 10.3 Å². The summed E-state index contributed by atoms with van der Waals surface area (Å²) in [6.07, 6.45) is 1.63. The lowest BCUT2D eigenvalue weighted by Crippen LogP contribution is -2.21. The summed E-state index contributed by atoms with van der Waals surface area (Å²) in [5, 5.41) is 4.71. The van der Waals surface area contributed by atoms with Gasteiger partial charge in [0.05, 0.1) is 29.3 Å². The molecule has 0 aliphatic heterocycles. The summed E-state index contributed by atoms with van der Waals surface area (Å²) in [6.45, 7) is 0.349. The number of anilines is 1. The largest absolute Gasteiger partial charge is 0.495 e. The summed E-state index contributed by atoms with van der Waals surface area (Å²) in [7, 11) is 1.57. The number of halogens is 1. The molecule has 1 amide bonds. The minimum absolute atomic E-state index is 0.179. The van der Waals surface area contributed by atoms with Gasteiger partial charge >= 0.3 is 0 Å². The number of aromatic nitrogens is 1. The number of nitrogens with one attached hydrogen (secondary N) is 1. The number of amides is 1. The van der Waals surface area contributed by atoms with Gasteiger partial charge in [0.25, 0.3) is 5.91 Å². The first-order chi connectivity index (χ1) is 12.5. The minimum Gasteiger partial charge on any atom is -0.495 e. The van der Waals surface area contributed by atoms with Crippen molar-refractivity contribution in [1.29, 1.82) is 0 Å². The molecule has 1 aromatic heterocycles. The second-order valence-corrected chi connectivity index (χ2v) is 6.16. The Balaban J connectivity index is 2.00. The van der Waals surface area contributed by atoms with Gasteiger partial charge < -0.3 is 21.5 Å². The molecule has 5 N–H and O–H groups in total. The Kier molecular flexibility index (Phi) is 5.25. The van der Waals surface area contributed by atoms with E-state index in [1.54, 1.807) is 31.5 Å². The molecule has 1 heterocycles. The first-order valence-corrected chi connectivity index (χ1v) is 8.40. The van der Waals surface area contributed by atoms with E-state index in [1.165, 1.54) is 0 Å². The highest BCUT2D eigenvalue weighted by Gasteiger charge is 2.15. The Hall–Kier alpha value is -2.83. The number of rotatable bonds is 6. The maximum Gasteiger partial charge on any atom is 0.250 e. The van der Waals surface area contributed by atoms with E-state index < -0.39 is 5.91 Å². The van der Waals surface area contributed by atoms with Crippen LogP contribution in [0.4, 0.5) is 5.69 Å². The molecule has 0 aliphatic rings. The van der Waals surface area contributed by atoms with Crippen LogP contribution in [0, 0.1) is 0 Å². The number of methoxy groups -OCH3 is 1. The number of nitrogens with two attached hydrogens (primary N) is 2. The van der Waals surface area contributed by atoms with E-state index in [9.17, 15) is 4.79 Å². The highest BCUT2D eigenvalue weighted by molar-refractivity contribution is 6.32. The van der Waals surface area contributed by atoms with Gasteiger partial charge in [-0.05, 0) is 29.8 Å². The molecule has 0 saturated carbocycles. The molecule has 3 aromatic rings. The maximum absolute atomic E-state index is 11.6. The van der Waals surface area contributed by atoms with E-state index >= 15 is 0 Å². The molecule has 0 spiro atoms. The van der Waals surface area contributed by atoms with Crippen LogP contribution < -0.4 is 21.5 Å². The van der Waals surface area contributed by atoms with Crippen molar-refractivity contribution in [3.8, 4) is 5.75 Å². The second-order valence-electron chi connectivity index (χ2n) is 5.75. The third-order valence-corrected chi connectivity index (χ3v) is 4.48. The van der Waals surface area contributed by atoms with Crippen LogP contribution in [0.5, 0.6) is 5.75 Å². The van der Waals surface area contributed by atoms with E-state index in [4.69, 9.17) is 27.8 Å². The molecule has 0 radical (unpaired) electrons. The molecular formula is C19H19ClN4O2. The number of para-hydroxylation sites is 1. The van der Waals surface area contributed by atoms with Gasteiger partial charge in [-0.2, -0.15) is 0 Å². The molecule has 134 valence electrons. The molecule has 7 heteroatoms. The summed E-state index contributed by atoms with van der Waals surface area (Å²) in [5.41, 5.74) is 14.1. The van der Waals surface area contributed by atoms with Gasteiger partial charge in [-0.15, -0.1) is 0 Å². The van der Waals surface area contributed by atoms with Crippen molar-refractivity contribution in [1.82, 2.24) is 4.98 Å². The summed E-state index contributed by atoms with van der Waals surface area (Å²) >= 11 is 6.23. The van der Waals surface area contributed by atoms with Gasteiger partial charge in [-0.3, -0.25) is 9.78 Å². The van der Waals surface area contributed by atoms with Gasteiger partial charge in [-0.1, -0.05) is 29.8 Å². The number of carbonyl (C=O) groups is 1. The lowest BCUT2D eigenvalue weighted by molar-refractivity contribution is 0.100. The molecule has 1 atom stereocenters. The van der Waals surface area contributed by atoms with Crippen molar-refractivity contribution in [3.63, 3.8) is 0 Å². The van der Waals surface area contributed by atoms with Crippen molar-refractivity contribution in [2.75, 3.05) is 19.0 Å². The van der Waals surface area contributed by atoms with Gasteiger partial charge in [0.2, 0.25) is 0 Å². The zero-order valence-electron chi connectivity index (χ0n) is 14.2. The summed E-state index contributed by atoms with van der Waals surface area (Å²) in [4.78, 5) is 15.9. The van der Waals surface area contributed by atoms with Crippen LogP contribution in [0.3, 0.4) is 0 Å². The van der Waals surface area contributed by atoms with Crippen molar-refractivity contribution >= 4 is 34.1 Å². The van der Waals surface area contributed by atoms with E-state index in [0.717, 1.165) is 16.6 Å². The van der Waals surface area contributed by atoms with Gasteiger partial charge in [0.1, 0.15) is 5.75 Å². The average Bonchev–Trinajstić information content (AvgIpc) is 2.65. The number of hydrogen-bond acceptors (Lipinski definition) is 5. The first-order valence-electron chi connectivity index (χ1n) is 8.02. The third kappa shape index (κ3) is 3.42.